The lowest BCUT2D eigenvalue weighted by molar-refractivity contribution is -0.137. The van der Waals surface area contributed by atoms with Crippen LogP contribution in [0.1, 0.15) is 25.7 Å². The maximum atomic E-state index is 12.6. The zero-order valence-electron chi connectivity index (χ0n) is 13.2. The molecule has 0 saturated carbocycles. The summed E-state index contributed by atoms with van der Waals surface area (Å²) in [5.41, 5.74) is 0. The van der Waals surface area contributed by atoms with Crippen molar-refractivity contribution in [2.24, 2.45) is 5.92 Å². The molecule has 2 rings (SSSR count). The number of rotatable bonds is 7. The largest absolute Gasteiger partial charge is 0.481 e. The molecule has 1 aromatic carbocycles. The number of aliphatic carboxylic acids is 1. The molecule has 0 radical (unpaired) electrons. The molecular weight excluding hydrogens is 380 g/mol. The first-order valence-corrected chi connectivity index (χ1v) is 9.48. The molecule has 25 heavy (non-hydrogen) atoms. The van der Waals surface area contributed by atoms with E-state index in [1.165, 1.54) is 10.4 Å². The lowest BCUT2D eigenvalue weighted by Gasteiger charge is -2.31. The number of carboxylic acid groups (broad SMARTS) is 1. The second kappa shape index (κ2) is 8.29. The van der Waals surface area contributed by atoms with Crippen LogP contribution in [0.15, 0.2) is 23.1 Å². The zero-order chi connectivity index (χ0) is 18.6. The van der Waals surface area contributed by atoms with Gasteiger partial charge in [-0.1, -0.05) is 11.6 Å². The van der Waals surface area contributed by atoms with Crippen LogP contribution in [0.5, 0.6) is 5.75 Å². The summed E-state index contributed by atoms with van der Waals surface area (Å²) < 4.78 is 55.2. The van der Waals surface area contributed by atoms with E-state index in [2.05, 4.69) is 4.74 Å². The fourth-order valence-electron chi connectivity index (χ4n) is 2.75. The van der Waals surface area contributed by atoms with Crippen molar-refractivity contribution >= 4 is 27.6 Å². The van der Waals surface area contributed by atoms with Crippen molar-refractivity contribution in [3.8, 4) is 5.75 Å². The topological polar surface area (TPSA) is 83.9 Å². The van der Waals surface area contributed by atoms with Crippen molar-refractivity contribution in [2.45, 2.75) is 37.2 Å². The van der Waals surface area contributed by atoms with Crippen molar-refractivity contribution in [1.82, 2.24) is 4.31 Å². The second-order valence-corrected chi connectivity index (χ2v) is 8.10. The van der Waals surface area contributed by atoms with E-state index < -0.39 is 22.6 Å². The van der Waals surface area contributed by atoms with Crippen molar-refractivity contribution in [1.29, 1.82) is 0 Å². The summed E-state index contributed by atoms with van der Waals surface area (Å²) in [4.78, 5) is 10.5. The molecule has 0 aromatic heterocycles. The van der Waals surface area contributed by atoms with Crippen LogP contribution < -0.4 is 4.74 Å². The maximum Gasteiger partial charge on any atom is 0.387 e. The molecule has 140 valence electrons. The number of alkyl halides is 2. The van der Waals surface area contributed by atoms with Gasteiger partial charge in [-0.3, -0.25) is 4.79 Å². The Balaban J connectivity index is 2.04. The monoisotopic (exact) mass is 397 g/mol. The Kier molecular flexibility index (Phi) is 6.59. The van der Waals surface area contributed by atoms with Gasteiger partial charge in [0, 0.05) is 19.5 Å². The average Bonchev–Trinajstić information content (AvgIpc) is 2.54. The van der Waals surface area contributed by atoms with E-state index in [1.807, 2.05) is 0 Å². The molecule has 0 bridgehead atoms. The summed E-state index contributed by atoms with van der Waals surface area (Å²) in [6.07, 6.45) is 1.74. The van der Waals surface area contributed by atoms with Gasteiger partial charge in [0.2, 0.25) is 10.0 Å². The molecule has 0 unspecified atom stereocenters. The molecule has 1 aliphatic rings. The van der Waals surface area contributed by atoms with Crippen LogP contribution in [-0.2, 0) is 14.8 Å². The van der Waals surface area contributed by atoms with Gasteiger partial charge < -0.3 is 9.84 Å². The second-order valence-electron chi connectivity index (χ2n) is 5.75. The molecule has 1 fully saturated rings. The van der Waals surface area contributed by atoms with E-state index >= 15 is 0 Å². The van der Waals surface area contributed by atoms with Gasteiger partial charge in [-0.05, 0) is 43.4 Å². The standard InChI is InChI=1S/C15H18ClF2NO5S/c16-12-9-11(2-3-13(12)24-15(17)18)25(22,23)19-7-5-10(6-8-19)1-4-14(20)21/h2-3,9-10,15H,1,4-8H2,(H,20,21). The SMILES string of the molecule is O=C(O)CCC1CCN(S(=O)(=O)c2ccc(OC(F)F)c(Cl)c2)CC1. The third kappa shape index (κ3) is 5.26. The number of halogens is 3. The fourth-order valence-corrected chi connectivity index (χ4v) is 4.53. The van der Waals surface area contributed by atoms with Crippen LogP contribution in [0.3, 0.4) is 0 Å². The van der Waals surface area contributed by atoms with Crippen LogP contribution in [0, 0.1) is 5.92 Å². The van der Waals surface area contributed by atoms with Crippen molar-refractivity contribution in [2.75, 3.05) is 13.1 Å². The lowest BCUT2D eigenvalue weighted by atomic mass is 9.93. The number of piperidine rings is 1. The number of hydrogen-bond acceptors (Lipinski definition) is 4. The van der Waals surface area contributed by atoms with E-state index in [4.69, 9.17) is 16.7 Å². The van der Waals surface area contributed by atoms with Gasteiger partial charge in [-0.2, -0.15) is 13.1 Å². The van der Waals surface area contributed by atoms with Gasteiger partial charge >= 0.3 is 12.6 Å². The van der Waals surface area contributed by atoms with Crippen LogP contribution in [0.4, 0.5) is 8.78 Å². The van der Waals surface area contributed by atoms with Gasteiger partial charge in [0.25, 0.3) is 0 Å². The summed E-state index contributed by atoms with van der Waals surface area (Å²) in [5, 5.41) is 8.49. The summed E-state index contributed by atoms with van der Waals surface area (Å²) in [6.45, 7) is -2.50. The van der Waals surface area contributed by atoms with Gasteiger partial charge in [-0.25, -0.2) is 8.42 Å². The molecule has 1 heterocycles. The van der Waals surface area contributed by atoms with Crippen LogP contribution in [0.2, 0.25) is 5.02 Å². The lowest BCUT2D eigenvalue weighted by Crippen LogP contribution is -2.38. The van der Waals surface area contributed by atoms with Gasteiger partial charge in [-0.15, -0.1) is 0 Å². The molecule has 1 aliphatic heterocycles. The number of nitrogens with zero attached hydrogens (tertiary/aromatic N) is 1. The Hall–Kier alpha value is -1.45. The highest BCUT2D eigenvalue weighted by atomic mass is 35.5. The first-order valence-electron chi connectivity index (χ1n) is 7.66. The number of hydrogen-bond donors (Lipinski definition) is 1. The maximum absolute atomic E-state index is 12.6. The summed E-state index contributed by atoms with van der Waals surface area (Å²) in [5.74, 6) is -0.980. The van der Waals surface area contributed by atoms with Crippen molar-refractivity contribution in [3.05, 3.63) is 23.2 Å². The molecule has 0 spiro atoms. The molecule has 1 saturated heterocycles. The van der Waals surface area contributed by atoms with E-state index in [0.717, 1.165) is 12.1 Å². The van der Waals surface area contributed by atoms with E-state index in [0.29, 0.717) is 19.3 Å². The fraction of sp³-hybridized carbons (Fsp3) is 0.533. The normalized spacial score (nSPS) is 17.0. The Morgan fingerprint density at radius 2 is 2.00 bits per heavy atom. The summed E-state index contributed by atoms with van der Waals surface area (Å²) in [6, 6.07) is 3.36. The Morgan fingerprint density at radius 3 is 2.52 bits per heavy atom. The summed E-state index contributed by atoms with van der Waals surface area (Å²) >= 11 is 5.82. The highest BCUT2D eigenvalue weighted by Crippen LogP contribution is 2.31. The minimum absolute atomic E-state index is 0.0681. The number of benzene rings is 1. The average molecular weight is 398 g/mol. The predicted molar refractivity (Wildman–Crippen MR) is 86.4 cm³/mol. The quantitative estimate of drug-likeness (QED) is 0.763. The van der Waals surface area contributed by atoms with E-state index in [1.54, 1.807) is 0 Å². The molecule has 6 nitrogen and oxygen atoms in total. The molecule has 0 atom stereocenters. The Labute approximate surface area is 149 Å². The molecule has 10 heteroatoms. The van der Waals surface area contributed by atoms with Gasteiger partial charge in [0.15, 0.2) is 0 Å². The minimum atomic E-state index is -3.79. The van der Waals surface area contributed by atoms with Crippen molar-refractivity contribution in [3.63, 3.8) is 0 Å². The van der Waals surface area contributed by atoms with Gasteiger partial charge in [0.05, 0.1) is 9.92 Å². The van der Waals surface area contributed by atoms with Crippen LogP contribution >= 0.6 is 11.6 Å². The highest BCUT2D eigenvalue weighted by molar-refractivity contribution is 7.89. The number of ether oxygens (including phenoxy) is 1. The van der Waals surface area contributed by atoms with Crippen molar-refractivity contribution < 1.29 is 31.8 Å². The van der Waals surface area contributed by atoms with Crippen LogP contribution in [0.25, 0.3) is 0 Å². The third-order valence-electron chi connectivity index (χ3n) is 4.10. The first-order chi connectivity index (χ1) is 11.7. The Morgan fingerprint density at radius 1 is 1.36 bits per heavy atom. The third-order valence-corrected chi connectivity index (χ3v) is 6.29. The van der Waals surface area contributed by atoms with Gasteiger partial charge in [0.1, 0.15) is 5.75 Å². The predicted octanol–water partition coefficient (Wildman–Crippen LogP) is 3.21. The molecule has 0 aliphatic carbocycles. The number of sulfonamides is 1. The number of carbonyl (C=O) groups is 1. The highest BCUT2D eigenvalue weighted by Gasteiger charge is 2.30. The Bertz CT molecular complexity index is 721. The van der Waals surface area contributed by atoms with E-state index in [9.17, 15) is 22.0 Å². The smallest absolute Gasteiger partial charge is 0.387 e. The molecule has 1 aromatic rings. The minimum Gasteiger partial charge on any atom is -0.481 e. The molecule has 1 N–H and O–H groups in total. The summed E-state index contributed by atoms with van der Waals surface area (Å²) in [7, 11) is -3.79. The molecule has 0 amide bonds. The van der Waals surface area contributed by atoms with Crippen LogP contribution in [-0.4, -0.2) is 43.5 Å². The molecular formula is C15H18ClF2NO5S. The number of carboxylic acids is 1. The zero-order valence-corrected chi connectivity index (χ0v) is 14.8. The first kappa shape index (κ1) is 19.9. The van der Waals surface area contributed by atoms with E-state index in [-0.39, 0.29) is 41.1 Å².